The van der Waals surface area contributed by atoms with E-state index in [2.05, 4.69) is 27.9 Å². The number of amides is 1. The molecule has 6 heteroatoms. The van der Waals surface area contributed by atoms with Crippen molar-refractivity contribution in [1.82, 2.24) is 0 Å². The lowest BCUT2D eigenvalue weighted by Crippen LogP contribution is -2.52. The topological polar surface area (TPSA) is 46.6 Å². The van der Waals surface area contributed by atoms with Crippen molar-refractivity contribution in [3.8, 4) is 5.75 Å². The fourth-order valence-electron chi connectivity index (χ4n) is 3.69. The number of para-hydroxylation sites is 1. The predicted molar refractivity (Wildman–Crippen MR) is 127 cm³/mol. The summed E-state index contributed by atoms with van der Waals surface area (Å²) in [5.41, 5.74) is 1.85. The summed E-state index contributed by atoms with van der Waals surface area (Å²) in [4.78, 5) is 29.4. The van der Waals surface area contributed by atoms with Gasteiger partial charge in [-0.25, -0.2) is 0 Å². The van der Waals surface area contributed by atoms with Crippen molar-refractivity contribution in [3.05, 3.63) is 54.1 Å². The molecule has 166 valence electrons. The summed E-state index contributed by atoms with van der Waals surface area (Å²) in [7, 11) is 5.98. The molecule has 2 atom stereocenters. The van der Waals surface area contributed by atoms with Crippen LogP contribution in [0.3, 0.4) is 0 Å². The Kier molecular flexibility index (Phi) is 7.12. The number of thioether (sulfide) groups is 1. The number of anilines is 1. The zero-order valence-corrected chi connectivity index (χ0v) is 20.1. The van der Waals surface area contributed by atoms with Crippen molar-refractivity contribution in [2.24, 2.45) is 5.92 Å². The van der Waals surface area contributed by atoms with Gasteiger partial charge in [-0.05, 0) is 50.6 Å². The largest absolute Gasteiger partial charge is 0.497 e. The quantitative estimate of drug-likeness (QED) is 0.467. The molecular formula is C25H33N2O3S+. The van der Waals surface area contributed by atoms with E-state index in [-0.39, 0.29) is 16.9 Å². The molecule has 2 aromatic rings. The first-order chi connectivity index (χ1) is 14.7. The Hall–Kier alpha value is -2.31. The molecule has 0 saturated carbocycles. The third-order valence-electron chi connectivity index (χ3n) is 6.42. The van der Waals surface area contributed by atoms with Gasteiger partial charge in [0.1, 0.15) is 17.5 Å². The van der Waals surface area contributed by atoms with Gasteiger partial charge in [-0.15, -0.1) is 11.8 Å². The van der Waals surface area contributed by atoms with Gasteiger partial charge in [0.25, 0.3) is 0 Å². The highest BCUT2D eigenvalue weighted by molar-refractivity contribution is 7.99. The number of quaternary nitrogens is 1. The number of rotatable bonds is 7. The van der Waals surface area contributed by atoms with Crippen molar-refractivity contribution in [2.45, 2.75) is 37.0 Å². The molecule has 1 amide bonds. The van der Waals surface area contributed by atoms with Gasteiger partial charge < -0.3 is 14.1 Å². The number of ether oxygens (including phenoxy) is 1. The van der Waals surface area contributed by atoms with Gasteiger partial charge in [0.15, 0.2) is 0 Å². The summed E-state index contributed by atoms with van der Waals surface area (Å²) in [6.45, 7) is 7.28. The maximum atomic E-state index is 13.8. The average molecular weight is 442 g/mol. The van der Waals surface area contributed by atoms with Gasteiger partial charge in [-0.3, -0.25) is 9.59 Å². The summed E-state index contributed by atoms with van der Waals surface area (Å²) in [5.74, 6) is -0.201. The summed E-state index contributed by atoms with van der Waals surface area (Å²) < 4.78 is 6.08. The maximum Gasteiger partial charge on any atom is 0.239 e. The van der Waals surface area contributed by atoms with Crippen molar-refractivity contribution >= 4 is 29.1 Å². The first-order valence-corrected chi connectivity index (χ1v) is 11.6. The molecule has 0 aliphatic carbocycles. The molecule has 1 heterocycles. The Morgan fingerprint density at radius 3 is 2.35 bits per heavy atom. The number of methoxy groups -OCH3 is 1. The van der Waals surface area contributed by atoms with E-state index in [4.69, 9.17) is 4.74 Å². The second kappa shape index (κ2) is 9.45. The summed E-state index contributed by atoms with van der Waals surface area (Å²) in [6, 6.07) is 16.1. The molecule has 0 spiro atoms. The molecule has 0 unspecified atom stereocenters. The number of carbonyl (C=O) groups is 2. The zero-order chi connectivity index (χ0) is 22.8. The molecule has 0 saturated heterocycles. The number of hydrogen-bond acceptors (Lipinski definition) is 4. The van der Waals surface area contributed by atoms with Crippen LogP contribution in [0, 0.1) is 5.92 Å². The van der Waals surface area contributed by atoms with E-state index in [9.17, 15) is 9.59 Å². The molecule has 0 radical (unpaired) electrons. The number of ketones is 1. The molecular weight excluding hydrogens is 408 g/mol. The van der Waals surface area contributed by atoms with Gasteiger partial charge in [-0.2, -0.15) is 0 Å². The van der Waals surface area contributed by atoms with E-state index in [1.165, 1.54) is 6.92 Å². The second-order valence-corrected chi connectivity index (χ2v) is 10.1. The Balaban J connectivity index is 2.03. The van der Waals surface area contributed by atoms with Crippen LogP contribution in [0.2, 0.25) is 0 Å². The number of carbonyl (C=O) groups excluding carboxylic acids is 2. The molecule has 1 aliphatic rings. The van der Waals surface area contributed by atoms with Crippen LogP contribution < -0.4 is 9.64 Å². The highest BCUT2D eigenvalue weighted by atomic mass is 32.2. The third-order valence-corrected chi connectivity index (χ3v) is 7.82. The molecule has 0 bridgehead atoms. The standard InChI is InChI=1S/C25H33N2O3S/c1-17(2)27(4,5)16-15-26-21-9-7-8-10-22(21)31-24(23(18(3)28)25(26)29)19-11-13-20(30-6)14-12-19/h7-14,17,23-24H,15-16H2,1-6H3/q+1/t23-,24+/m0/s1. The van der Waals surface area contributed by atoms with Crippen molar-refractivity contribution in [3.63, 3.8) is 0 Å². The van der Waals surface area contributed by atoms with E-state index in [0.717, 1.165) is 32.9 Å². The van der Waals surface area contributed by atoms with Gasteiger partial charge in [0, 0.05) is 4.90 Å². The van der Waals surface area contributed by atoms with E-state index < -0.39 is 5.92 Å². The van der Waals surface area contributed by atoms with Crippen LogP contribution in [0.15, 0.2) is 53.4 Å². The third kappa shape index (κ3) is 4.96. The fourth-order valence-corrected chi connectivity index (χ4v) is 5.16. The number of hydrogen-bond donors (Lipinski definition) is 0. The Morgan fingerprint density at radius 1 is 1.13 bits per heavy atom. The van der Waals surface area contributed by atoms with Gasteiger partial charge >= 0.3 is 0 Å². The second-order valence-electron chi connectivity index (χ2n) is 8.95. The Bertz CT molecular complexity index is 940. The minimum absolute atomic E-state index is 0.103. The number of benzene rings is 2. The van der Waals surface area contributed by atoms with Crippen LogP contribution in [0.4, 0.5) is 5.69 Å². The first-order valence-electron chi connectivity index (χ1n) is 10.7. The van der Waals surface area contributed by atoms with Crippen LogP contribution in [-0.4, -0.2) is 56.5 Å². The molecule has 5 nitrogen and oxygen atoms in total. The molecule has 31 heavy (non-hydrogen) atoms. The minimum atomic E-state index is -0.736. The summed E-state index contributed by atoms with van der Waals surface area (Å²) in [5, 5.41) is -0.283. The molecule has 3 rings (SSSR count). The average Bonchev–Trinajstić information content (AvgIpc) is 2.86. The normalized spacial score (nSPS) is 19.2. The molecule has 2 aromatic carbocycles. The Morgan fingerprint density at radius 2 is 1.77 bits per heavy atom. The van der Waals surface area contributed by atoms with Crippen LogP contribution in [0.5, 0.6) is 5.75 Å². The van der Waals surface area contributed by atoms with Gasteiger partial charge in [0.05, 0.1) is 51.3 Å². The summed E-state index contributed by atoms with van der Waals surface area (Å²) >= 11 is 1.60. The lowest BCUT2D eigenvalue weighted by Gasteiger charge is -2.36. The highest BCUT2D eigenvalue weighted by Gasteiger charge is 2.41. The number of nitrogens with zero attached hydrogens (tertiary/aromatic N) is 2. The number of fused-ring (bicyclic) bond motifs is 1. The van der Waals surface area contributed by atoms with Crippen LogP contribution in [-0.2, 0) is 9.59 Å². The molecule has 0 N–H and O–H groups in total. The Labute approximate surface area is 190 Å². The molecule has 0 aromatic heterocycles. The molecule has 1 aliphatic heterocycles. The first kappa shape index (κ1) is 23.4. The van der Waals surface area contributed by atoms with Gasteiger partial charge in [0.2, 0.25) is 5.91 Å². The number of likely N-dealkylation sites (N-methyl/N-ethyl adjacent to an activating group) is 1. The van der Waals surface area contributed by atoms with Crippen LogP contribution in [0.1, 0.15) is 31.6 Å². The van der Waals surface area contributed by atoms with Crippen molar-refractivity contribution in [1.29, 1.82) is 0 Å². The van der Waals surface area contributed by atoms with E-state index >= 15 is 0 Å². The zero-order valence-electron chi connectivity index (χ0n) is 19.3. The van der Waals surface area contributed by atoms with E-state index in [1.54, 1.807) is 18.9 Å². The lowest BCUT2D eigenvalue weighted by molar-refractivity contribution is -0.909. The maximum absolute atomic E-state index is 13.8. The van der Waals surface area contributed by atoms with E-state index in [0.29, 0.717) is 12.6 Å². The van der Waals surface area contributed by atoms with Crippen molar-refractivity contribution in [2.75, 3.05) is 39.2 Å². The fraction of sp³-hybridized carbons (Fsp3) is 0.440. The van der Waals surface area contributed by atoms with Crippen LogP contribution in [0.25, 0.3) is 0 Å². The monoisotopic (exact) mass is 441 g/mol. The molecule has 0 fully saturated rings. The van der Waals surface area contributed by atoms with E-state index in [1.807, 2.05) is 53.4 Å². The lowest BCUT2D eigenvalue weighted by atomic mass is 9.93. The highest BCUT2D eigenvalue weighted by Crippen LogP contribution is 2.48. The van der Waals surface area contributed by atoms with Crippen LogP contribution >= 0.6 is 11.8 Å². The number of Topliss-reactive ketones (excluding diaryl/α,β-unsaturated/α-hetero) is 1. The minimum Gasteiger partial charge on any atom is -0.497 e. The predicted octanol–water partition coefficient (Wildman–Crippen LogP) is 4.57. The smallest absolute Gasteiger partial charge is 0.239 e. The van der Waals surface area contributed by atoms with Crippen molar-refractivity contribution < 1.29 is 18.8 Å². The summed E-state index contributed by atoms with van der Waals surface area (Å²) in [6.07, 6.45) is 0. The SMILES string of the molecule is COc1ccc([C@H]2Sc3ccccc3N(CC[N+](C)(C)C(C)C)C(=O)[C@H]2C(C)=O)cc1. The van der Waals surface area contributed by atoms with Gasteiger partial charge in [-0.1, -0.05) is 24.3 Å².